The van der Waals surface area contributed by atoms with Crippen molar-refractivity contribution in [3.05, 3.63) is 63.1 Å². The molecule has 0 amide bonds. The third-order valence-corrected chi connectivity index (χ3v) is 9.02. The normalized spacial score (nSPS) is 15.0. The number of aromatic nitrogens is 1. The van der Waals surface area contributed by atoms with Crippen LogP contribution in [0.1, 0.15) is 11.3 Å². The van der Waals surface area contributed by atoms with E-state index in [0.29, 0.717) is 37.6 Å². The Morgan fingerprint density at radius 1 is 1.00 bits per heavy atom. The summed E-state index contributed by atoms with van der Waals surface area (Å²) in [6.45, 7) is 1.83. The fraction of sp³-hybridized carbons (Fsp3) is 0.318. The second-order valence-electron chi connectivity index (χ2n) is 7.44. The van der Waals surface area contributed by atoms with Gasteiger partial charge in [0.1, 0.15) is 11.5 Å². The summed E-state index contributed by atoms with van der Waals surface area (Å²) in [4.78, 5) is 7.03. The van der Waals surface area contributed by atoms with Crippen LogP contribution >= 0.6 is 34.5 Å². The highest BCUT2D eigenvalue weighted by Crippen LogP contribution is 2.30. The quantitative estimate of drug-likeness (QED) is 0.448. The highest BCUT2D eigenvalue weighted by atomic mass is 35.5. The number of benzene rings is 2. The molecular formula is C22H23Cl2N3O4S2. The molecular weight excluding hydrogens is 505 g/mol. The third-order valence-electron chi connectivity index (χ3n) is 5.44. The molecule has 2 heterocycles. The smallest absolute Gasteiger partial charge is 0.243 e. The first kappa shape index (κ1) is 24.1. The maximum Gasteiger partial charge on any atom is 0.243 e. The summed E-state index contributed by atoms with van der Waals surface area (Å²) in [5.74, 6) is 1.55. The Hall–Kier alpha value is -2.04. The van der Waals surface area contributed by atoms with Gasteiger partial charge in [0, 0.05) is 43.5 Å². The Bertz CT molecular complexity index is 1240. The molecule has 0 atom stereocenters. The van der Waals surface area contributed by atoms with Crippen molar-refractivity contribution in [2.24, 2.45) is 0 Å². The van der Waals surface area contributed by atoms with Gasteiger partial charge in [-0.15, -0.1) is 11.3 Å². The van der Waals surface area contributed by atoms with E-state index in [-0.39, 0.29) is 9.92 Å². The molecule has 2 aromatic carbocycles. The van der Waals surface area contributed by atoms with Crippen LogP contribution in [0.2, 0.25) is 10.0 Å². The van der Waals surface area contributed by atoms with E-state index < -0.39 is 10.0 Å². The average Bonchev–Trinajstić information content (AvgIpc) is 3.29. The van der Waals surface area contributed by atoms with E-state index in [2.05, 4.69) is 4.90 Å². The molecule has 1 aromatic heterocycles. The van der Waals surface area contributed by atoms with Gasteiger partial charge in [0.15, 0.2) is 5.13 Å². The van der Waals surface area contributed by atoms with E-state index in [1.165, 1.54) is 22.5 Å². The number of halogens is 2. The standard InChI is InChI=1S/C22H23Cl2N3O4S2/c1-30-17-3-6-21(31-2)15(12-17)11-16-14-32-22(25-16)26-7-9-27(10-8-26)33(28,29)18-4-5-19(23)20(24)13-18/h3-6,12-14H,7-11H2,1-2H3. The average molecular weight is 528 g/mol. The summed E-state index contributed by atoms with van der Waals surface area (Å²) in [6.07, 6.45) is 0.614. The molecule has 7 nitrogen and oxygen atoms in total. The number of ether oxygens (including phenoxy) is 2. The van der Waals surface area contributed by atoms with Crippen LogP contribution in [0.3, 0.4) is 0 Å². The van der Waals surface area contributed by atoms with Crippen LogP contribution in [0.15, 0.2) is 46.7 Å². The molecule has 33 heavy (non-hydrogen) atoms. The Morgan fingerprint density at radius 2 is 1.76 bits per heavy atom. The third kappa shape index (κ3) is 5.22. The highest BCUT2D eigenvalue weighted by molar-refractivity contribution is 7.89. The fourth-order valence-corrected chi connectivity index (χ4v) is 6.33. The number of sulfonamides is 1. The van der Waals surface area contributed by atoms with E-state index in [9.17, 15) is 8.42 Å². The van der Waals surface area contributed by atoms with Crippen LogP contribution in [-0.2, 0) is 16.4 Å². The zero-order valence-corrected chi connectivity index (χ0v) is 21.3. The molecule has 1 saturated heterocycles. The summed E-state index contributed by atoms with van der Waals surface area (Å²) >= 11 is 13.5. The first-order chi connectivity index (χ1) is 15.8. The molecule has 176 valence electrons. The topological polar surface area (TPSA) is 72.0 Å². The SMILES string of the molecule is COc1ccc(OC)c(Cc2csc(N3CCN(S(=O)(=O)c4ccc(Cl)c(Cl)c4)CC3)n2)c1. The van der Waals surface area contributed by atoms with Crippen molar-refractivity contribution in [2.45, 2.75) is 11.3 Å². The maximum absolute atomic E-state index is 13.0. The number of anilines is 1. The second-order valence-corrected chi connectivity index (χ2v) is 11.0. The lowest BCUT2D eigenvalue weighted by Gasteiger charge is -2.33. The lowest BCUT2D eigenvalue weighted by atomic mass is 10.1. The summed E-state index contributed by atoms with van der Waals surface area (Å²) < 4.78 is 38.2. The molecule has 1 fully saturated rings. The number of hydrogen-bond donors (Lipinski definition) is 0. The lowest BCUT2D eigenvalue weighted by Crippen LogP contribution is -2.48. The number of methoxy groups -OCH3 is 2. The van der Waals surface area contributed by atoms with Crippen LogP contribution < -0.4 is 14.4 Å². The van der Waals surface area contributed by atoms with Crippen LogP contribution in [0, 0.1) is 0 Å². The van der Waals surface area contributed by atoms with Crippen molar-refractivity contribution in [2.75, 3.05) is 45.3 Å². The zero-order chi connectivity index (χ0) is 23.6. The van der Waals surface area contributed by atoms with Crippen molar-refractivity contribution < 1.29 is 17.9 Å². The predicted molar refractivity (Wildman–Crippen MR) is 132 cm³/mol. The Morgan fingerprint density at radius 3 is 2.42 bits per heavy atom. The largest absolute Gasteiger partial charge is 0.497 e. The van der Waals surface area contributed by atoms with Gasteiger partial charge in [0.2, 0.25) is 10.0 Å². The van der Waals surface area contributed by atoms with Gasteiger partial charge in [0.05, 0.1) is 34.9 Å². The summed E-state index contributed by atoms with van der Waals surface area (Å²) in [7, 11) is -0.361. The Balaban J connectivity index is 1.43. The molecule has 0 radical (unpaired) electrons. The van der Waals surface area contributed by atoms with Crippen LogP contribution in [0.5, 0.6) is 11.5 Å². The van der Waals surface area contributed by atoms with Gasteiger partial charge >= 0.3 is 0 Å². The molecule has 0 N–H and O–H groups in total. The Labute approximate surface area is 207 Å². The van der Waals surface area contributed by atoms with E-state index in [1.54, 1.807) is 25.6 Å². The highest BCUT2D eigenvalue weighted by Gasteiger charge is 2.29. The van der Waals surface area contributed by atoms with Crippen molar-refractivity contribution in [1.29, 1.82) is 0 Å². The van der Waals surface area contributed by atoms with Gasteiger partial charge in [-0.1, -0.05) is 23.2 Å². The molecule has 4 rings (SSSR count). The van der Waals surface area contributed by atoms with E-state index in [1.807, 2.05) is 23.6 Å². The summed E-state index contributed by atoms with van der Waals surface area (Å²) in [5, 5.41) is 3.44. The first-order valence-corrected chi connectivity index (χ1v) is 13.2. The number of rotatable bonds is 7. The molecule has 0 spiro atoms. The number of hydrogen-bond acceptors (Lipinski definition) is 7. The molecule has 0 saturated carbocycles. The van der Waals surface area contributed by atoms with Gasteiger partial charge < -0.3 is 14.4 Å². The van der Waals surface area contributed by atoms with E-state index in [4.69, 9.17) is 37.7 Å². The monoisotopic (exact) mass is 527 g/mol. The minimum atomic E-state index is -3.64. The lowest BCUT2D eigenvalue weighted by molar-refractivity contribution is 0.384. The molecule has 3 aromatic rings. The molecule has 1 aliphatic heterocycles. The molecule has 0 aliphatic carbocycles. The summed E-state index contributed by atoms with van der Waals surface area (Å²) in [5.41, 5.74) is 1.92. The minimum Gasteiger partial charge on any atom is -0.497 e. The zero-order valence-electron chi connectivity index (χ0n) is 18.1. The number of nitrogens with zero attached hydrogens (tertiary/aromatic N) is 3. The summed E-state index contributed by atoms with van der Waals surface area (Å²) in [6, 6.07) is 10.1. The maximum atomic E-state index is 13.0. The molecule has 0 unspecified atom stereocenters. The number of thiazole rings is 1. The molecule has 11 heteroatoms. The second kappa shape index (κ2) is 10.1. The minimum absolute atomic E-state index is 0.147. The predicted octanol–water partition coefficient (Wildman–Crippen LogP) is 4.57. The van der Waals surface area contributed by atoms with Crippen molar-refractivity contribution in [1.82, 2.24) is 9.29 Å². The van der Waals surface area contributed by atoms with Crippen molar-refractivity contribution in [3.63, 3.8) is 0 Å². The van der Waals surface area contributed by atoms with Crippen LogP contribution in [-0.4, -0.2) is 58.1 Å². The van der Waals surface area contributed by atoms with Gasteiger partial charge in [-0.25, -0.2) is 13.4 Å². The van der Waals surface area contributed by atoms with Gasteiger partial charge in [-0.3, -0.25) is 0 Å². The van der Waals surface area contributed by atoms with E-state index >= 15 is 0 Å². The van der Waals surface area contributed by atoms with Gasteiger partial charge in [-0.2, -0.15) is 4.31 Å². The van der Waals surface area contributed by atoms with Crippen molar-refractivity contribution in [3.8, 4) is 11.5 Å². The van der Waals surface area contributed by atoms with Gasteiger partial charge in [0.25, 0.3) is 0 Å². The first-order valence-electron chi connectivity index (χ1n) is 10.2. The van der Waals surface area contributed by atoms with Crippen molar-refractivity contribution >= 4 is 49.7 Å². The number of piperazine rings is 1. The van der Waals surface area contributed by atoms with Crippen LogP contribution in [0.4, 0.5) is 5.13 Å². The van der Waals surface area contributed by atoms with E-state index in [0.717, 1.165) is 27.9 Å². The Kier molecular flexibility index (Phi) is 7.35. The fourth-order valence-electron chi connectivity index (χ4n) is 3.64. The molecule has 1 aliphatic rings. The van der Waals surface area contributed by atoms with Gasteiger partial charge in [-0.05, 0) is 36.4 Å². The van der Waals surface area contributed by atoms with Crippen LogP contribution in [0.25, 0.3) is 0 Å². The molecule has 0 bridgehead atoms.